The number of aryl methyl sites for hydroxylation is 1. The fourth-order valence-electron chi connectivity index (χ4n) is 7.35. The number of ether oxygens (including phenoxy) is 3. The van der Waals surface area contributed by atoms with Gasteiger partial charge in [0.1, 0.15) is 0 Å². The zero-order valence-corrected chi connectivity index (χ0v) is 37.2. The van der Waals surface area contributed by atoms with Crippen molar-refractivity contribution in [3.05, 3.63) is 125 Å². The minimum atomic E-state index is -4.20. The van der Waals surface area contributed by atoms with E-state index in [0.29, 0.717) is 69.0 Å². The van der Waals surface area contributed by atoms with Crippen molar-refractivity contribution in [2.45, 2.75) is 57.3 Å². The highest BCUT2D eigenvalue weighted by atomic mass is 32.2. The number of rotatable bonds is 25. The van der Waals surface area contributed by atoms with E-state index < -0.39 is 42.6 Å². The minimum Gasteiger partial charge on any atom is -0.383 e. The Balaban J connectivity index is 1.95. The maximum absolute atomic E-state index is 13.0. The topological polar surface area (TPSA) is 198 Å². The molecule has 2 unspecified atom stereocenters. The zero-order valence-electron chi connectivity index (χ0n) is 35.5. The van der Waals surface area contributed by atoms with Crippen molar-refractivity contribution >= 4 is 37.7 Å². The van der Waals surface area contributed by atoms with Gasteiger partial charge in [-0.15, -0.1) is 0 Å². The third kappa shape index (κ3) is 14.4. The summed E-state index contributed by atoms with van der Waals surface area (Å²) in [5, 5.41) is 5.67. The lowest BCUT2D eigenvalue weighted by Crippen LogP contribution is -2.31. The van der Waals surface area contributed by atoms with Crippen molar-refractivity contribution in [1.82, 2.24) is 10.6 Å². The quantitative estimate of drug-likeness (QED) is 0.0527. The van der Waals surface area contributed by atoms with Gasteiger partial charge in [-0.1, -0.05) is 56.0 Å². The highest BCUT2D eigenvalue weighted by Crippen LogP contribution is 2.51. The summed E-state index contributed by atoms with van der Waals surface area (Å²) in [6.45, 7) is 12.5. The Labute approximate surface area is 355 Å². The molecular formula is C44H61N3O11S2. The van der Waals surface area contributed by atoms with Crippen molar-refractivity contribution in [1.29, 1.82) is 0 Å². The number of benzene rings is 2. The van der Waals surface area contributed by atoms with E-state index in [-0.39, 0.29) is 24.7 Å². The first-order chi connectivity index (χ1) is 28.3. The molecule has 1 heterocycles. The van der Waals surface area contributed by atoms with Gasteiger partial charge in [-0.25, -0.2) is 0 Å². The summed E-state index contributed by atoms with van der Waals surface area (Å²) in [6.07, 6.45) is 14.0. The molecule has 1 aliphatic heterocycles. The second-order valence-corrected chi connectivity index (χ2v) is 18.2. The first-order valence-electron chi connectivity index (χ1n) is 19.7. The number of fused-ring (bicyclic) bond motifs is 1. The van der Waals surface area contributed by atoms with Gasteiger partial charge in [-0.05, 0) is 98.2 Å². The summed E-state index contributed by atoms with van der Waals surface area (Å²) in [5.41, 5.74) is 4.28. The molecule has 2 aromatic rings. The molecule has 2 atom stereocenters. The molecule has 1 aliphatic rings. The van der Waals surface area contributed by atoms with E-state index >= 15 is 0 Å². The third-order valence-electron chi connectivity index (χ3n) is 10.7. The number of amides is 2. The van der Waals surface area contributed by atoms with Crippen LogP contribution in [0.15, 0.2) is 96.8 Å². The van der Waals surface area contributed by atoms with Gasteiger partial charge in [0.15, 0.2) is 0 Å². The van der Waals surface area contributed by atoms with Crippen molar-refractivity contribution in [2.24, 2.45) is 0 Å². The highest BCUT2D eigenvalue weighted by molar-refractivity contribution is 7.86. The van der Waals surface area contributed by atoms with Gasteiger partial charge in [-0.3, -0.25) is 18.7 Å². The normalized spacial score (nSPS) is 17.5. The molecule has 2 amide bonds. The predicted octanol–water partition coefficient (Wildman–Crippen LogP) is 5.87. The number of methoxy groups -OCH3 is 3. The second kappa shape index (κ2) is 23.0. The lowest BCUT2D eigenvalue weighted by molar-refractivity contribution is 0.0929. The number of anilines is 1. The molecule has 0 bridgehead atoms. The number of hydrogen-bond donors (Lipinski definition) is 4. The average Bonchev–Trinajstić information content (AvgIpc) is 3.41. The molecule has 0 aromatic heterocycles. The minimum absolute atomic E-state index is 0.155. The number of nitrogens with zero attached hydrogens (tertiary/aromatic N) is 1. The SMILES string of the molecule is C=C(/C=C/C=C/C=C/C=C1/N(CCOC)c2ccc(C(=O)NCCOC)cc2C1(C)CCCS(=O)(=O)O)C(C)(CCCS(=O)(=O)O)c1cc(C(=O)NCCOC)ccc1C. The van der Waals surface area contributed by atoms with Gasteiger partial charge < -0.3 is 29.7 Å². The Bertz CT molecular complexity index is 2160. The first kappa shape index (κ1) is 49.9. The molecule has 4 N–H and O–H groups in total. The molecule has 60 heavy (non-hydrogen) atoms. The van der Waals surface area contributed by atoms with Gasteiger partial charge in [0, 0.05) is 74.3 Å². The van der Waals surface area contributed by atoms with Crippen molar-refractivity contribution < 1.29 is 49.7 Å². The summed E-state index contributed by atoms with van der Waals surface area (Å²) in [6, 6.07) is 10.8. The van der Waals surface area contributed by atoms with Crippen molar-refractivity contribution in [2.75, 3.05) is 77.2 Å². The zero-order chi connectivity index (χ0) is 44.6. The van der Waals surface area contributed by atoms with Gasteiger partial charge in [-0.2, -0.15) is 16.8 Å². The van der Waals surface area contributed by atoms with E-state index in [1.165, 1.54) is 0 Å². The Kier molecular flexibility index (Phi) is 19.1. The van der Waals surface area contributed by atoms with Crippen LogP contribution in [-0.2, 0) is 45.3 Å². The second-order valence-electron chi connectivity index (χ2n) is 15.1. The standard InChI is InChI=1S/C44H61N3O11S2/c1-33-17-18-35(41(48)45-23-26-56-5)31-37(33)43(3,21-13-29-59(50,51)52)34(2)15-11-9-8-10-12-16-40-44(4,22-14-30-60(53,54)55)38-32-36(42(49)46-24-27-57-6)19-20-39(38)47(40)25-28-58-7/h8-12,15-20,31-32H,2,13-14,21-30H2,1,3-7H3,(H,45,48)(H,46,49)(H,50,51,52)(H,53,54,55)/b9-8+,12-10+,15-11+,40-16+. The van der Waals surface area contributed by atoms with Crippen molar-refractivity contribution in [3.8, 4) is 0 Å². The molecule has 0 radical (unpaired) electrons. The van der Waals surface area contributed by atoms with Gasteiger partial charge >= 0.3 is 0 Å². The number of hydrogen-bond acceptors (Lipinski definition) is 10. The summed E-state index contributed by atoms with van der Waals surface area (Å²) in [5.74, 6) is -1.37. The van der Waals surface area contributed by atoms with E-state index in [9.17, 15) is 35.5 Å². The number of carbonyl (C=O) groups is 2. The molecule has 0 fully saturated rings. The summed E-state index contributed by atoms with van der Waals surface area (Å²) >= 11 is 0. The van der Waals surface area contributed by atoms with Crippen LogP contribution >= 0.6 is 0 Å². The fraction of sp³-hybridized carbons (Fsp3) is 0.455. The Hall–Kier alpha value is -4.42. The summed E-state index contributed by atoms with van der Waals surface area (Å²) in [7, 11) is -3.69. The molecule has 0 saturated heterocycles. The lowest BCUT2D eigenvalue weighted by atomic mass is 9.71. The molecule has 330 valence electrons. The van der Waals surface area contributed by atoms with Crippen LogP contribution in [0.25, 0.3) is 0 Å². The molecule has 14 nitrogen and oxygen atoms in total. The van der Waals surface area contributed by atoms with E-state index in [1.54, 1.807) is 39.5 Å². The number of carbonyl (C=O) groups excluding carboxylic acids is 2. The Morgan fingerprint density at radius 1 is 0.817 bits per heavy atom. The van der Waals surface area contributed by atoms with E-state index in [4.69, 9.17) is 14.2 Å². The predicted molar refractivity (Wildman–Crippen MR) is 236 cm³/mol. The third-order valence-corrected chi connectivity index (χ3v) is 12.3. The molecule has 3 rings (SSSR count). The fourth-order valence-corrected chi connectivity index (χ4v) is 8.37. The average molecular weight is 872 g/mol. The summed E-state index contributed by atoms with van der Waals surface area (Å²) in [4.78, 5) is 28.1. The van der Waals surface area contributed by atoms with Crippen LogP contribution in [0.5, 0.6) is 0 Å². The maximum Gasteiger partial charge on any atom is 0.264 e. The number of nitrogens with one attached hydrogen (secondary N) is 2. The van der Waals surface area contributed by atoms with Gasteiger partial charge in [0.25, 0.3) is 32.1 Å². The molecule has 0 saturated carbocycles. The van der Waals surface area contributed by atoms with E-state index in [0.717, 1.165) is 28.1 Å². The molecule has 0 spiro atoms. The molecule has 0 aliphatic carbocycles. The van der Waals surface area contributed by atoms with Crippen LogP contribution in [0.4, 0.5) is 5.69 Å². The van der Waals surface area contributed by atoms with E-state index in [2.05, 4.69) is 22.1 Å². The van der Waals surface area contributed by atoms with Gasteiger partial charge in [0.2, 0.25) is 0 Å². The number of allylic oxidation sites excluding steroid dienone is 9. The Morgan fingerprint density at radius 2 is 1.37 bits per heavy atom. The van der Waals surface area contributed by atoms with Crippen LogP contribution in [0, 0.1) is 6.92 Å². The maximum atomic E-state index is 13.0. The molecular weight excluding hydrogens is 811 g/mol. The Morgan fingerprint density at radius 3 is 1.97 bits per heavy atom. The van der Waals surface area contributed by atoms with E-state index in [1.807, 2.05) is 81.5 Å². The van der Waals surface area contributed by atoms with Crippen LogP contribution < -0.4 is 15.5 Å². The molecule has 16 heteroatoms. The monoisotopic (exact) mass is 871 g/mol. The first-order valence-corrected chi connectivity index (χ1v) is 22.9. The lowest BCUT2D eigenvalue weighted by Gasteiger charge is -2.33. The van der Waals surface area contributed by atoms with Gasteiger partial charge in [0.05, 0.1) is 31.3 Å². The van der Waals surface area contributed by atoms with Crippen LogP contribution in [-0.4, -0.2) is 110 Å². The largest absolute Gasteiger partial charge is 0.383 e. The molecule has 2 aromatic carbocycles. The van der Waals surface area contributed by atoms with Crippen LogP contribution in [0.3, 0.4) is 0 Å². The smallest absolute Gasteiger partial charge is 0.264 e. The van der Waals surface area contributed by atoms with Crippen molar-refractivity contribution in [3.63, 3.8) is 0 Å². The summed E-state index contributed by atoms with van der Waals surface area (Å²) < 4.78 is 81.3. The van der Waals surface area contributed by atoms with Crippen LogP contribution in [0.2, 0.25) is 0 Å². The highest BCUT2D eigenvalue weighted by Gasteiger charge is 2.43. The van der Waals surface area contributed by atoms with Crippen LogP contribution in [0.1, 0.15) is 76.9 Å².